The van der Waals surface area contributed by atoms with Gasteiger partial charge in [0.1, 0.15) is 37.2 Å². The van der Waals surface area contributed by atoms with Gasteiger partial charge in [-0.25, -0.2) is 0 Å². The Bertz CT molecular complexity index is 431. The normalized spacial score (nSPS) is 13.5. The van der Waals surface area contributed by atoms with E-state index >= 15 is 0 Å². The van der Waals surface area contributed by atoms with Crippen LogP contribution in [-0.4, -0.2) is 135 Å². The van der Waals surface area contributed by atoms with E-state index in [1.165, 1.54) is 6.92 Å². The van der Waals surface area contributed by atoms with Crippen LogP contribution in [0.3, 0.4) is 0 Å². The molecule has 0 saturated heterocycles. The van der Waals surface area contributed by atoms with Crippen LogP contribution in [-0.2, 0) is 23.7 Å². The van der Waals surface area contributed by atoms with Gasteiger partial charge in [0.25, 0.3) is 0 Å². The third kappa shape index (κ3) is 4.32. The minimum atomic E-state index is -3.10. The average Bonchev–Trinajstić information content (AvgIpc) is 2.77. The van der Waals surface area contributed by atoms with E-state index in [0.29, 0.717) is 0 Å². The summed E-state index contributed by atoms with van der Waals surface area (Å²) >= 11 is 0. The van der Waals surface area contributed by atoms with Crippen LogP contribution in [0.5, 0.6) is 0 Å². The Kier molecular flexibility index (Phi) is 12.3. The Labute approximate surface area is 172 Å². The Morgan fingerprint density at radius 1 is 0.600 bits per heavy atom. The molecule has 180 valence electrons. The second-order valence-electron chi connectivity index (χ2n) is 6.22. The number of ether oxygens (including phenoxy) is 4. The van der Waals surface area contributed by atoms with Gasteiger partial charge in [-0.2, -0.15) is 0 Å². The van der Waals surface area contributed by atoms with Crippen molar-refractivity contribution in [1.82, 2.24) is 0 Å². The summed E-state index contributed by atoms with van der Waals surface area (Å²) in [5.41, 5.74) is -11.5. The zero-order valence-electron chi connectivity index (χ0n) is 16.6. The number of carbonyl (C=O) groups is 1. The summed E-state index contributed by atoms with van der Waals surface area (Å²) in [7, 11) is 0. The second kappa shape index (κ2) is 12.7. The molecule has 0 aliphatic rings. The van der Waals surface area contributed by atoms with Crippen molar-refractivity contribution in [3.8, 4) is 0 Å². The standard InChI is InChI=1S/C16H32O14/c1-2-27-12(26)16(13(3-17,4-18)28-9-23,14(5-19,6-20)29-10-24)15(7-21,8-22)30-11-25/h17-25H,2-11H2,1H3. The first kappa shape index (κ1) is 29.0. The van der Waals surface area contributed by atoms with Crippen molar-refractivity contribution < 1.29 is 69.7 Å². The van der Waals surface area contributed by atoms with Crippen LogP contribution in [0.25, 0.3) is 0 Å². The fraction of sp³-hybridized carbons (Fsp3) is 0.938. The van der Waals surface area contributed by atoms with E-state index in [1.807, 2.05) is 0 Å². The maximum Gasteiger partial charge on any atom is 0.321 e. The van der Waals surface area contributed by atoms with Crippen molar-refractivity contribution >= 4 is 5.97 Å². The van der Waals surface area contributed by atoms with E-state index in [1.54, 1.807) is 0 Å². The van der Waals surface area contributed by atoms with Crippen LogP contribution in [0.4, 0.5) is 0 Å². The summed E-state index contributed by atoms with van der Waals surface area (Å²) < 4.78 is 20.2. The van der Waals surface area contributed by atoms with Crippen LogP contribution in [0.15, 0.2) is 0 Å². The van der Waals surface area contributed by atoms with Gasteiger partial charge in [-0.05, 0) is 6.92 Å². The maximum absolute atomic E-state index is 13.4. The van der Waals surface area contributed by atoms with Gasteiger partial charge >= 0.3 is 5.97 Å². The molecule has 0 amide bonds. The smallest absolute Gasteiger partial charge is 0.321 e. The predicted molar refractivity (Wildman–Crippen MR) is 94.3 cm³/mol. The highest BCUT2D eigenvalue weighted by Crippen LogP contribution is 2.55. The lowest BCUT2D eigenvalue weighted by atomic mass is 9.52. The molecule has 0 heterocycles. The fourth-order valence-corrected chi connectivity index (χ4v) is 3.87. The summed E-state index contributed by atoms with van der Waals surface area (Å²) in [4.78, 5) is 13.4. The molecule has 14 nitrogen and oxygen atoms in total. The first-order valence-electron chi connectivity index (χ1n) is 8.85. The highest BCUT2D eigenvalue weighted by Gasteiger charge is 2.79. The van der Waals surface area contributed by atoms with Crippen LogP contribution in [0.1, 0.15) is 6.92 Å². The lowest BCUT2D eigenvalue weighted by molar-refractivity contribution is -0.359. The predicted octanol–water partition coefficient (Wildman–Crippen LogP) is -5.39. The van der Waals surface area contributed by atoms with Gasteiger partial charge in [0.15, 0.2) is 5.41 Å². The summed E-state index contributed by atoms with van der Waals surface area (Å²) in [6.45, 7) is -10.9. The van der Waals surface area contributed by atoms with Gasteiger partial charge < -0.3 is 64.9 Å². The number of hydrogen-bond acceptors (Lipinski definition) is 14. The van der Waals surface area contributed by atoms with E-state index in [9.17, 15) is 50.8 Å². The molecule has 9 N–H and O–H groups in total. The molecule has 0 aliphatic carbocycles. The molecule has 30 heavy (non-hydrogen) atoms. The molecule has 0 saturated carbocycles. The molecule has 0 rings (SSSR count). The second-order valence-corrected chi connectivity index (χ2v) is 6.22. The molecular formula is C16H32O14. The SMILES string of the molecule is CCOC(=O)C(C(CO)(CO)OCO)(C(CO)(CO)OCO)C(CO)(CO)OCO. The van der Waals surface area contributed by atoms with E-state index in [2.05, 4.69) is 0 Å². The first-order chi connectivity index (χ1) is 14.3. The lowest BCUT2D eigenvalue weighted by Gasteiger charge is -2.60. The Hall–Kier alpha value is -1.01. The van der Waals surface area contributed by atoms with Gasteiger partial charge in [-0.15, -0.1) is 0 Å². The van der Waals surface area contributed by atoms with Crippen LogP contribution >= 0.6 is 0 Å². The quantitative estimate of drug-likeness (QED) is 0.0746. The van der Waals surface area contributed by atoms with E-state index < -0.39 is 88.2 Å². The van der Waals surface area contributed by atoms with Crippen molar-refractivity contribution in [2.75, 3.05) is 66.6 Å². The monoisotopic (exact) mass is 448 g/mol. The minimum absolute atomic E-state index is 0.370. The Morgan fingerprint density at radius 2 is 0.867 bits per heavy atom. The number of aliphatic hydroxyl groups excluding tert-OH is 9. The topological polar surface area (TPSA) is 236 Å². The van der Waals surface area contributed by atoms with Crippen LogP contribution in [0, 0.1) is 5.41 Å². The molecule has 0 fully saturated rings. The van der Waals surface area contributed by atoms with Crippen LogP contribution < -0.4 is 0 Å². The van der Waals surface area contributed by atoms with Crippen molar-refractivity contribution in [3.63, 3.8) is 0 Å². The molecule has 0 spiro atoms. The van der Waals surface area contributed by atoms with Gasteiger partial charge in [0, 0.05) is 0 Å². The summed E-state index contributed by atoms with van der Waals surface area (Å²) in [5.74, 6) is -1.55. The number of carbonyl (C=O) groups excluding carboxylic acids is 1. The van der Waals surface area contributed by atoms with E-state index in [-0.39, 0.29) is 6.61 Å². The molecule has 0 bridgehead atoms. The highest BCUT2D eigenvalue weighted by atomic mass is 16.7. The van der Waals surface area contributed by atoms with Crippen molar-refractivity contribution in [1.29, 1.82) is 0 Å². The molecule has 14 heteroatoms. The number of rotatable bonds is 17. The van der Waals surface area contributed by atoms with Crippen molar-refractivity contribution in [3.05, 3.63) is 0 Å². The lowest BCUT2D eigenvalue weighted by Crippen LogP contribution is -2.83. The molecule has 0 atom stereocenters. The van der Waals surface area contributed by atoms with Gasteiger partial charge in [0.05, 0.1) is 46.2 Å². The van der Waals surface area contributed by atoms with Crippen molar-refractivity contribution in [2.24, 2.45) is 5.41 Å². The third-order valence-electron chi connectivity index (χ3n) is 5.19. The molecule has 0 radical (unpaired) electrons. The third-order valence-corrected chi connectivity index (χ3v) is 5.19. The Morgan fingerprint density at radius 3 is 1.03 bits per heavy atom. The van der Waals surface area contributed by atoms with Crippen LogP contribution in [0.2, 0.25) is 0 Å². The van der Waals surface area contributed by atoms with Gasteiger partial charge in [-0.1, -0.05) is 0 Å². The van der Waals surface area contributed by atoms with Crippen molar-refractivity contribution in [2.45, 2.75) is 23.7 Å². The van der Waals surface area contributed by atoms with Gasteiger partial charge in [-0.3, -0.25) is 4.79 Å². The molecular weight excluding hydrogens is 416 g/mol. The molecule has 0 aromatic carbocycles. The zero-order valence-corrected chi connectivity index (χ0v) is 16.6. The molecule has 0 aromatic rings. The minimum Gasteiger partial charge on any atom is -0.465 e. The number of aliphatic hydroxyl groups is 9. The Balaban J connectivity index is 7.84. The highest BCUT2D eigenvalue weighted by molar-refractivity contribution is 5.83. The summed E-state index contributed by atoms with van der Waals surface area (Å²) in [5, 5.41) is 89.0. The maximum atomic E-state index is 13.4. The van der Waals surface area contributed by atoms with Gasteiger partial charge in [0.2, 0.25) is 0 Å². The largest absolute Gasteiger partial charge is 0.465 e. The average molecular weight is 448 g/mol. The molecule has 0 aromatic heterocycles. The number of esters is 1. The molecule has 0 aliphatic heterocycles. The fourth-order valence-electron chi connectivity index (χ4n) is 3.87. The van der Waals surface area contributed by atoms with E-state index in [0.717, 1.165) is 0 Å². The molecule has 0 unspecified atom stereocenters. The summed E-state index contributed by atoms with van der Waals surface area (Å²) in [6, 6.07) is 0. The number of hydrogen-bond donors (Lipinski definition) is 9. The summed E-state index contributed by atoms with van der Waals surface area (Å²) in [6.07, 6.45) is 0. The zero-order chi connectivity index (χ0) is 23.5. The first-order valence-corrected chi connectivity index (χ1v) is 8.85. The van der Waals surface area contributed by atoms with E-state index in [4.69, 9.17) is 18.9 Å².